The Bertz CT molecular complexity index is 572. The molecule has 0 aliphatic carbocycles. The van der Waals surface area contributed by atoms with Gasteiger partial charge in [-0.05, 0) is 18.1 Å². The molecule has 19 heavy (non-hydrogen) atoms. The van der Waals surface area contributed by atoms with Crippen molar-refractivity contribution < 1.29 is 4.79 Å². The number of carbonyl (C=O) groups is 1. The molecule has 2 rings (SSSR count). The second-order valence-electron chi connectivity index (χ2n) is 4.12. The van der Waals surface area contributed by atoms with Gasteiger partial charge in [-0.3, -0.25) is 4.79 Å². The van der Waals surface area contributed by atoms with Crippen LogP contribution in [0, 0.1) is 0 Å². The van der Waals surface area contributed by atoms with E-state index in [1.165, 1.54) is 6.08 Å². The highest BCUT2D eigenvalue weighted by Crippen LogP contribution is 2.24. The first-order chi connectivity index (χ1) is 9.22. The van der Waals surface area contributed by atoms with Crippen molar-refractivity contribution in [1.29, 1.82) is 0 Å². The number of carbonyl (C=O) groups excluding carboxylic acids is 1. The highest BCUT2D eigenvalue weighted by molar-refractivity contribution is 7.13. The molecule has 2 aromatic rings. The molecule has 1 aromatic heterocycles. The van der Waals surface area contributed by atoms with Gasteiger partial charge in [-0.2, -0.15) is 0 Å². The van der Waals surface area contributed by atoms with Crippen LogP contribution in [0.3, 0.4) is 0 Å². The molecular formula is C15H16N2OS. The van der Waals surface area contributed by atoms with Crippen LogP contribution >= 0.6 is 11.3 Å². The van der Waals surface area contributed by atoms with Crippen molar-refractivity contribution in [1.82, 2.24) is 10.3 Å². The summed E-state index contributed by atoms with van der Waals surface area (Å²) in [5, 5.41) is 5.88. The van der Waals surface area contributed by atoms with Crippen molar-refractivity contribution in [3.8, 4) is 10.6 Å². The number of hydrogen-bond donors (Lipinski definition) is 1. The number of aromatic nitrogens is 1. The Labute approximate surface area is 117 Å². The molecule has 0 atom stereocenters. The molecule has 1 heterocycles. The van der Waals surface area contributed by atoms with Crippen LogP contribution in [-0.4, -0.2) is 10.9 Å². The summed E-state index contributed by atoms with van der Waals surface area (Å²) < 4.78 is 0. The molecule has 0 fully saturated rings. The standard InChI is InChI=1S/C15H16N2OS/c1-3-13-10-19-15(17-13)12-7-5-11(6-8-12)9-16-14(18)4-2/h4-8,10H,2-3,9H2,1H3,(H,16,18). The van der Waals surface area contributed by atoms with Crippen LogP contribution in [0.5, 0.6) is 0 Å². The van der Waals surface area contributed by atoms with Gasteiger partial charge >= 0.3 is 0 Å². The third kappa shape index (κ3) is 3.51. The van der Waals surface area contributed by atoms with E-state index in [0.717, 1.165) is 28.2 Å². The van der Waals surface area contributed by atoms with Gasteiger partial charge in [0.25, 0.3) is 0 Å². The monoisotopic (exact) mass is 272 g/mol. The first-order valence-corrected chi connectivity index (χ1v) is 7.05. The van der Waals surface area contributed by atoms with Crippen LogP contribution in [0.2, 0.25) is 0 Å². The highest BCUT2D eigenvalue weighted by atomic mass is 32.1. The Kier molecular flexibility index (Phi) is 4.47. The number of nitrogens with one attached hydrogen (secondary N) is 1. The minimum Gasteiger partial charge on any atom is -0.348 e. The molecule has 0 bridgehead atoms. The second-order valence-corrected chi connectivity index (χ2v) is 4.97. The van der Waals surface area contributed by atoms with E-state index in [-0.39, 0.29) is 5.91 Å². The first kappa shape index (κ1) is 13.5. The fraction of sp³-hybridized carbons (Fsp3) is 0.200. The molecule has 0 saturated carbocycles. The summed E-state index contributed by atoms with van der Waals surface area (Å²) in [7, 11) is 0. The number of thiazole rings is 1. The van der Waals surface area contributed by atoms with Gasteiger partial charge in [0.2, 0.25) is 5.91 Å². The average molecular weight is 272 g/mol. The van der Waals surface area contributed by atoms with E-state index in [2.05, 4.69) is 29.2 Å². The topological polar surface area (TPSA) is 42.0 Å². The summed E-state index contributed by atoms with van der Waals surface area (Å²) in [6.45, 7) is 6.04. The summed E-state index contributed by atoms with van der Waals surface area (Å²) in [6, 6.07) is 8.08. The molecule has 1 N–H and O–H groups in total. The maximum atomic E-state index is 11.1. The van der Waals surface area contributed by atoms with Crippen LogP contribution in [0.4, 0.5) is 0 Å². The van der Waals surface area contributed by atoms with Gasteiger partial charge in [-0.15, -0.1) is 11.3 Å². The Hall–Kier alpha value is -1.94. The fourth-order valence-corrected chi connectivity index (χ4v) is 2.54. The number of aryl methyl sites for hydroxylation is 1. The van der Waals surface area contributed by atoms with Crippen LogP contribution in [-0.2, 0) is 17.8 Å². The molecule has 0 unspecified atom stereocenters. The van der Waals surface area contributed by atoms with E-state index < -0.39 is 0 Å². The smallest absolute Gasteiger partial charge is 0.243 e. The third-order valence-corrected chi connectivity index (χ3v) is 3.71. The number of hydrogen-bond acceptors (Lipinski definition) is 3. The maximum absolute atomic E-state index is 11.1. The predicted molar refractivity (Wildman–Crippen MR) is 79.0 cm³/mol. The zero-order chi connectivity index (χ0) is 13.7. The second kappa shape index (κ2) is 6.29. The fourth-order valence-electron chi connectivity index (χ4n) is 1.63. The molecule has 3 nitrogen and oxygen atoms in total. The summed E-state index contributed by atoms with van der Waals surface area (Å²) in [5.41, 5.74) is 3.30. The van der Waals surface area contributed by atoms with Crippen LogP contribution in [0.1, 0.15) is 18.2 Å². The van der Waals surface area contributed by atoms with Crippen LogP contribution in [0.25, 0.3) is 10.6 Å². The summed E-state index contributed by atoms with van der Waals surface area (Å²) >= 11 is 1.66. The highest BCUT2D eigenvalue weighted by Gasteiger charge is 2.04. The zero-order valence-electron chi connectivity index (χ0n) is 10.8. The molecule has 1 amide bonds. The van der Waals surface area contributed by atoms with Gasteiger partial charge in [0.15, 0.2) is 0 Å². The molecule has 0 aliphatic rings. The molecule has 1 aromatic carbocycles. The van der Waals surface area contributed by atoms with Gasteiger partial charge in [-0.25, -0.2) is 4.98 Å². The van der Waals surface area contributed by atoms with E-state index in [4.69, 9.17) is 0 Å². The van der Waals surface area contributed by atoms with Gasteiger partial charge in [0, 0.05) is 17.5 Å². The van der Waals surface area contributed by atoms with Crippen molar-refractivity contribution in [2.45, 2.75) is 19.9 Å². The van der Waals surface area contributed by atoms with E-state index in [1.807, 2.05) is 24.3 Å². The van der Waals surface area contributed by atoms with Crippen LogP contribution in [0.15, 0.2) is 42.3 Å². The Morgan fingerprint density at radius 2 is 2.16 bits per heavy atom. The van der Waals surface area contributed by atoms with Crippen molar-refractivity contribution in [3.05, 3.63) is 53.6 Å². The van der Waals surface area contributed by atoms with E-state index in [1.54, 1.807) is 11.3 Å². The lowest BCUT2D eigenvalue weighted by Crippen LogP contribution is -2.19. The molecule has 4 heteroatoms. The normalized spacial score (nSPS) is 10.2. The first-order valence-electron chi connectivity index (χ1n) is 6.17. The quantitative estimate of drug-likeness (QED) is 0.849. The molecule has 0 aliphatic heterocycles. The van der Waals surface area contributed by atoms with E-state index in [9.17, 15) is 4.79 Å². The largest absolute Gasteiger partial charge is 0.348 e. The number of benzene rings is 1. The zero-order valence-corrected chi connectivity index (χ0v) is 11.7. The Morgan fingerprint density at radius 1 is 1.42 bits per heavy atom. The van der Waals surface area contributed by atoms with Crippen molar-refractivity contribution in [3.63, 3.8) is 0 Å². The van der Waals surface area contributed by atoms with Gasteiger partial charge in [-0.1, -0.05) is 37.8 Å². The van der Waals surface area contributed by atoms with Gasteiger partial charge in [0.1, 0.15) is 5.01 Å². The number of rotatable bonds is 5. The van der Waals surface area contributed by atoms with Gasteiger partial charge < -0.3 is 5.32 Å². The molecule has 98 valence electrons. The number of nitrogens with zero attached hydrogens (tertiary/aromatic N) is 1. The van der Waals surface area contributed by atoms with E-state index in [0.29, 0.717) is 6.54 Å². The lowest BCUT2D eigenvalue weighted by Gasteiger charge is -2.03. The lowest BCUT2D eigenvalue weighted by atomic mass is 10.1. The average Bonchev–Trinajstić information content (AvgIpc) is 2.94. The summed E-state index contributed by atoms with van der Waals surface area (Å²) in [6.07, 6.45) is 2.23. The van der Waals surface area contributed by atoms with Crippen molar-refractivity contribution >= 4 is 17.2 Å². The molecular weight excluding hydrogens is 256 g/mol. The summed E-state index contributed by atoms with van der Waals surface area (Å²) in [5.74, 6) is -0.156. The van der Waals surface area contributed by atoms with Crippen molar-refractivity contribution in [2.24, 2.45) is 0 Å². The van der Waals surface area contributed by atoms with Crippen LogP contribution < -0.4 is 5.32 Å². The number of amides is 1. The van der Waals surface area contributed by atoms with Crippen molar-refractivity contribution in [2.75, 3.05) is 0 Å². The lowest BCUT2D eigenvalue weighted by molar-refractivity contribution is -0.116. The molecule has 0 saturated heterocycles. The van der Waals surface area contributed by atoms with Gasteiger partial charge in [0.05, 0.1) is 5.69 Å². The minimum atomic E-state index is -0.156. The minimum absolute atomic E-state index is 0.156. The SMILES string of the molecule is C=CC(=O)NCc1ccc(-c2nc(CC)cs2)cc1. The Morgan fingerprint density at radius 3 is 2.74 bits per heavy atom. The Balaban J connectivity index is 2.05. The maximum Gasteiger partial charge on any atom is 0.243 e. The predicted octanol–water partition coefficient (Wildman–Crippen LogP) is 3.17. The molecule has 0 radical (unpaired) electrons. The third-order valence-electron chi connectivity index (χ3n) is 2.77. The molecule has 0 spiro atoms. The summed E-state index contributed by atoms with van der Waals surface area (Å²) in [4.78, 5) is 15.6. The van der Waals surface area contributed by atoms with E-state index >= 15 is 0 Å².